The molecule has 34 heavy (non-hydrogen) atoms. The molecule has 3 heterocycles. The van der Waals surface area contributed by atoms with Gasteiger partial charge in [-0.05, 0) is 48.9 Å². The van der Waals surface area contributed by atoms with Crippen LogP contribution in [0.4, 0.5) is 29.7 Å². The smallest absolute Gasteiger partial charge is 0.384 e. The van der Waals surface area contributed by atoms with E-state index in [-0.39, 0.29) is 18.2 Å². The molecule has 2 aromatic heterocycles. The van der Waals surface area contributed by atoms with Crippen LogP contribution >= 0.6 is 0 Å². The molecule has 0 aromatic carbocycles. The average molecular weight is 477 g/mol. The number of nitrogens with one attached hydrogen (secondary N) is 1. The fourth-order valence-corrected chi connectivity index (χ4v) is 3.99. The molecule has 13 heteroatoms. The maximum absolute atomic E-state index is 13.4. The van der Waals surface area contributed by atoms with Crippen molar-refractivity contribution < 1.29 is 27.6 Å². The van der Waals surface area contributed by atoms with Gasteiger partial charge in [0.1, 0.15) is 17.9 Å². The van der Waals surface area contributed by atoms with E-state index < -0.39 is 47.9 Å². The number of carbonyl (C=O) groups excluding carboxylic acids is 3. The van der Waals surface area contributed by atoms with Gasteiger partial charge < -0.3 is 11.1 Å². The highest BCUT2D eigenvalue weighted by atomic mass is 19.4. The maximum atomic E-state index is 13.4. The first-order valence-corrected chi connectivity index (χ1v) is 10.5. The molecule has 3 atom stereocenters. The van der Waals surface area contributed by atoms with E-state index >= 15 is 0 Å². The van der Waals surface area contributed by atoms with Crippen LogP contribution in [0.15, 0.2) is 36.8 Å². The van der Waals surface area contributed by atoms with Crippen LogP contribution in [0.5, 0.6) is 0 Å². The van der Waals surface area contributed by atoms with Crippen LogP contribution in [-0.2, 0) is 16.0 Å². The lowest BCUT2D eigenvalue weighted by atomic mass is 9.81. The molecular formula is C21H22F3N7O3. The van der Waals surface area contributed by atoms with Gasteiger partial charge in [-0.3, -0.25) is 19.4 Å². The number of nitrogens with zero attached hydrogens (tertiary/aromatic N) is 5. The van der Waals surface area contributed by atoms with Crippen molar-refractivity contribution in [3.63, 3.8) is 0 Å². The number of halogens is 3. The van der Waals surface area contributed by atoms with Crippen molar-refractivity contribution in [2.45, 2.75) is 37.5 Å². The molecule has 0 radical (unpaired) electrons. The zero-order valence-corrected chi connectivity index (χ0v) is 18.1. The number of anilines is 2. The second-order valence-electron chi connectivity index (χ2n) is 8.30. The zero-order valence-electron chi connectivity index (χ0n) is 18.1. The van der Waals surface area contributed by atoms with Crippen molar-refractivity contribution in [2.75, 3.05) is 17.7 Å². The number of hydrogen-bond donors (Lipinski definition) is 2. The standard InChI is InChI=1S/C21H22F3N7O3/c1-30(19-27-6-2-7-28-19)18(33)15-13(9-11-5-8-26-14(25)10-11)17(32)31(15)20(34)29-16(12-3-4-12)21(22,23)24/h2,5-8,10,12-13,15-16H,3-4,9H2,1H3,(H2,25,26)(H,29,34)/t13-,15?,16?/m1/s1. The van der Waals surface area contributed by atoms with Gasteiger partial charge in [-0.2, -0.15) is 13.2 Å². The minimum Gasteiger partial charge on any atom is -0.384 e. The summed E-state index contributed by atoms with van der Waals surface area (Å²) in [6.07, 6.45) is 0.255. The van der Waals surface area contributed by atoms with Crippen LogP contribution < -0.4 is 16.0 Å². The molecule has 2 aliphatic rings. The largest absolute Gasteiger partial charge is 0.408 e. The molecule has 2 aromatic rings. The minimum absolute atomic E-state index is 0.0188. The lowest BCUT2D eigenvalue weighted by Crippen LogP contribution is -2.71. The van der Waals surface area contributed by atoms with Crippen molar-refractivity contribution in [1.82, 2.24) is 25.2 Å². The Morgan fingerprint density at radius 2 is 1.91 bits per heavy atom. The van der Waals surface area contributed by atoms with Crippen molar-refractivity contribution in [3.05, 3.63) is 42.4 Å². The molecule has 1 saturated heterocycles. The first-order valence-electron chi connectivity index (χ1n) is 10.5. The van der Waals surface area contributed by atoms with Crippen LogP contribution in [0.3, 0.4) is 0 Å². The molecular weight excluding hydrogens is 455 g/mol. The maximum Gasteiger partial charge on any atom is 0.408 e. The van der Waals surface area contributed by atoms with E-state index in [1.807, 2.05) is 5.32 Å². The van der Waals surface area contributed by atoms with E-state index in [4.69, 9.17) is 5.73 Å². The van der Waals surface area contributed by atoms with Crippen LogP contribution in [-0.4, -0.2) is 63.0 Å². The van der Waals surface area contributed by atoms with Gasteiger partial charge in [0.15, 0.2) is 0 Å². The van der Waals surface area contributed by atoms with E-state index in [1.54, 1.807) is 12.1 Å². The van der Waals surface area contributed by atoms with E-state index in [0.29, 0.717) is 23.3 Å². The van der Waals surface area contributed by atoms with Crippen molar-refractivity contribution >= 4 is 29.6 Å². The number of nitrogens with two attached hydrogens (primary N) is 1. The first kappa shape index (κ1) is 23.4. The first-order chi connectivity index (χ1) is 16.1. The van der Waals surface area contributed by atoms with Crippen LogP contribution in [0.2, 0.25) is 0 Å². The number of β-lactam (4-membered cyclic amide) rings is 1. The summed E-state index contributed by atoms with van der Waals surface area (Å²) in [7, 11) is 1.36. The lowest BCUT2D eigenvalue weighted by Gasteiger charge is -2.45. The summed E-state index contributed by atoms with van der Waals surface area (Å²) in [4.78, 5) is 52.5. The van der Waals surface area contributed by atoms with Crippen molar-refractivity contribution in [2.24, 2.45) is 11.8 Å². The van der Waals surface area contributed by atoms with Gasteiger partial charge in [0.05, 0.1) is 5.92 Å². The second-order valence-corrected chi connectivity index (χ2v) is 8.30. The lowest BCUT2D eigenvalue weighted by molar-refractivity contribution is -0.163. The molecule has 180 valence electrons. The zero-order chi connectivity index (χ0) is 24.6. The Morgan fingerprint density at radius 3 is 2.50 bits per heavy atom. The van der Waals surface area contributed by atoms with Crippen LogP contribution in [0, 0.1) is 11.8 Å². The number of likely N-dealkylation sites (N-methyl/N-ethyl adjacent to an activating group) is 1. The van der Waals surface area contributed by atoms with E-state index in [1.165, 1.54) is 31.7 Å². The predicted octanol–water partition coefficient (Wildman–Crippen LogP) is 1.54. The van der Waals surface area contributed by atoms with Crippen molar-refractivity contribution in [1.29, 1.82) is 0 Å². The Kier molecular flexibility index (Phi) is 6.11. The number of imide groups is 1. The number of hydrogen-bond acceptors (Lipinski definition) is 7. The third-order valence-electron chi connectivity index (χ3n) is 5.89. The van der Waals surface area contributed by atoms with E-state index in [0.717, 1.165) is 4.90 Å². The fraction of sp³-hybridized carbons (Fsp3) is 0.429. The summed E-state index contributed by atoms with van der Waals surface area (Å²) in [6, 6.07) is -0.0220. The Labute approximate surface area is 192 Å². The van der Waals surface area contributed by atoms with Gasteiger partial charge in [0.25, 0.3) is 5.91 Å². The molecule has 1 saturated carbocycles. The number of urea groups is 1. The SMILES string of the molecule is CN(C(=O)C1[C@@H](Cc2ccnc(N)c2)C(=O)N1C(=O)NC(C1CC1)C(F)(F)F)c1ncccn1. The highest BCUT2D eigenvalue weighted by molar-refractivity contribution is 6.12. The normalized spacial score (nSPS) is 20.9. The summed E-state index contributed by atoms with van der Waals surface area (Å²) in [6.45, 7) is 0. The van der Waals surface area contributed by atoms with Crippen LogP contribution in [0.25, 0.3) is 0 Å². The Hall–Kier alpha value is -3.77. The average Bonchev–Trinajstić information content (AvgIpc) is 3.63. The number of alkyl halides is 3. The molecule has 3 N–H and O–H groups in total. The third-order valence-corrected chi connectivity index (χ3v) is 5.89. The number of rotatable bonds is 6. The molecule has 0 bridgehead atoms. The number of pyridine rings is 1. The molecule has 10 nitrogen and oxygen atoms in total. The van der Waals surface area contributed by atoms with Gasteiger partial charge in [-0.1, -0.05) is 0 Å². The molecule has 4 rings (SSSR count). The highest BCUT2D eigenvalue weighted by Crippen LogP contribution is 2.41. The topological polar surface area (TPSA) is 134 Å². The summed E-state index contributed by atoms with van der Waals surface area (Å²) in [5.41, 5.74) is 6.27. The minimum atomic E-state index is -4.67. The number of amides is 4. The molecule has 0 spiro atoms. The predicted molar refractivity (Wildman–Crippen MR) is 113 cm³/mol. The Balaban J connectivity index is 1.59. The molecule has 4 amide bonds. The van der Waals surface area contributed by atoms with Crippen LogP contribution in [0.1, 0.15) is 18.4 Å². The number of aromatic nitrogens is 3. The number of likely N-dealkylation sites (tertiary alicyclic amines) is 1. The third kappa shape index (κ3) is 4.63. The van der Waals surface area contributed by atoms with Gasteiger partial charge in [0, 0.05) is 25.6 Å². The summed E-state index contributed by atoms with van der Waals surface area (Å²) < 4.78 is 40.3. The number of nitrogen functional groups attached to an aromatic ring is 1. The van der Waals surface area contributed by atoms with Gasteiger partial charge in [0.2, 0.25) is 11.9 Å². The van der Waals surface area contributed by atoms with Gasteiger partial charge >= 0.3 is 12.2 Å². The number of carbonyl (C=O) groups is 3. The molecule has 1 aliphatic heterocycles. The quantitative estimate of drug-likeness (QED) is 0.603. The van der Waals surface area contributed by atoms with Gasteiger partial charge in [-0.25, -0.2) is 19.7 Å². The second kappa shape index (κ2) is 8.88. The molecule has 2 fully saturated rings. The molecule has 1 aliphatic carbocycles. The fourth-order valence-electron chi connectivity index (χ4n) is 3.99. The van der Waals surface area contributed by atoms with E-state index in [9.17, 15) is 27.6 Å². The van der Waals surface area contributed by atoms with Gasteiger partial charge in [-0.15, -0.1) is 0 Å². The summed E-state index contributed by atoms with van der Waals surface area (Å²) in [5, 5.41) is 1.92. The highest BCUT2D eigenvalue weighted by Gasteiger charge is 2.57. The Bertz CT molecular complexity index is 1090. The summed E-state index contributed by atoms with van der Waals surface area (Å²) >= 11 is 0. The monoisotopic (exact) mass is 477 g/mol. The Morgan fingerprint density at radius 1 is 1.24 bits per heavy atom. The van der Waals surface area contributed by atoms with Crippen molar-refractivity contribution in [3.8, 4) is 0 Å². The summed E-state index contributed by atoms with van der Waals surface area (Å²) in [5.74, 6) is -2.98. The van der Waals surface area contributed by atoms with E-state index in [2.05, 4.69) is 15.0 Å². The molecule has 2 unspecified atom stereocenters.